The molecule has 0 fully saturated rings. The predicted molar refractivity (Wildman–Crippen MR) is 329 cm³/mol. The summed E-state index contributed by atoms with van der Waals surface area (Å²) in [7, 11) is 0. The van der Waals surface area contributed by atoms with Crippen LogP contribution >= 0.6 is 0 Å². The molecule has 0 bridgehead atoms. The first-order chi connectivity index (χ1) is 37.5. The molecule has 1 atom stereocenters. The van der Waals surface area contributed by atoms with Crippen molar-refractivity contribution in [3.8, 4) is 0 Å². The zero-order chi connectivity index (χ0) is 55.0. The minimum atomic E-state index is -0.791. The van der Waals surface area contributed by atoms with Crippen LogP contribution < -0.4 is 0 Å². The molecule has 0 aliphatic carbocycles. The Kier molecular flexibility index (Phi) is 59.4. The first kappa shape index (κ1) is 71.5. The normalized spacial score (nSPS) is 13.0. The first-order valence-electron chi connectivity index (χ1n) is 31.2. The van der Waals surface area contributed by atoms with E-state index >= 15 is 0 Å². The van der Waals surface area contributed by atoms with Crippen LogP contribution in [0.4, 0.5) is 0 Å². The number of carbonyl (C=O) groups excluding carboxylic acids is 3. The largest absolute Gasteiger partial charge is 0.462 e. The molecular formula is C70H114O6. The Morgan fingerprint density at radius 2 is 0.539 bits per heavy atom. The van der Waals surface area contributed by atoms with E-state index in [2.05, 4.69) is 154 Å². The summed E-state index contributed by atoms with van der Waals surface area (Å²) in [5.41, 5.74) is 0. The smallest absolute Gasteiger partial charge is 0.306 e. The van der Waals surface area contributed by atoms with Crippen molar-refractivity contribution in [1.29, 1.82) is 0 Å². The summed E-state index contributed by atoms with van der Waals surface area (Å²) in [6, 6.07) is 0. The molecule has 6 nitrogen and oxygen atoms in total. The van der Waals surface area contributed by atoms with E-state index in [4.69, 9.17) is 14.2 Å². The highest BCUT2D eigenvalue weighted by Gasteiger charge is 2.19. The van der Waals surface area contributed by atoms with E-state index in [1.165, 1.54) is 77.0 Å². The van der Waals surface area contributed by atoms with Crippen LogP contribution in [0, 0.1) is 0 Å². The summed E-state index contributed by atoms with van der Waals surface area (Å²) in [5, 5.41) is 0. The second-order valence-corrected chi connectivity index (χ2v) is 20.2. The maximum absolute atomic E-state index is 12.8. The van der Waals surface area contributed by atoms with Gasteiger partial charge in [0.2, 0.25) is 0 Å². The van der Waals surface area contributed by atoms with Crippen molar-refractivity contribution >= 4 is 17.9 Å². The van der Waals surface area contributed by atoms with Crippen LogP contribution in [0.3, 0.4) is 0 Å². The maximum Gasteiger partial charge on any atom is 0.306 e. The third kappa shape index (κ3) is 60.4. The van der Waals surface area contributed by atoms with Gasteiger partial charge >= 0.3 is 17.9 Å². The van der Waals surface area contributed by atoms with Crippen LogP contribution in [0.15, 0.2) is 134 Å². The number of carbonyl (C=O) groups is 3. The molecule has 430 valence electrons. The average Bonchev–Trinajstić information content (AvgIpc) is 3.42. The summed E-state index contributed by atoms with van der Waals surface area (Å²) in [4.78, 5) is 38.1. The maximum atomic E-state index is 12.8. The minimum absolute atomic E-state index is 0.0878. The van der Waals surface area contributed by atoms with Crippen molar-refractivity contribution in [2.75, 3.05) is 13.2 Å². The van der Waals surface area contributed by atoms with Crippen molar-refractivity contribution in [1.82, 2.24) is 0 Å². The SMILES string of the molecule is CC/C=C\C/C=C\C/C=C\C/C=C\C/C=C\C/C=C\C/C=C\C/C=C\C/C=C\CCCCCCCCCC(=O)OCC(COC(=O)CCCCCCCCCCCC)OC(=O)CCCCCCC/C=C\C/C=C\CCC. The minimum Gasteiger partial charge on any atom is -0.462 e. The number of hydrogen-bond donors (Lipinski definition) is 0. The molecule has 0 aromatic heterocycles. The van der Waals surface area contributed by atoms with Crippen molar-refractivity contribution in [2.24, 2.45) is 0 Å². The number of unbranched alkanes of at least 4 members (excludes halogenated alkanes) is 22. The second kappa shape index (κ2) is 63.1. The Bertz CT molecular complexity index is 1630. The topological polar surface area (TPSA) is 78.9 Å². The molecule has 0 saturated carbocycles. The van der Waals surface area contributed by atoms with Gasteiger partial charge in [0.25, 0.3) is 0 Å². The van der Waals surface area contributed by atoms with Gasteiger partial charge < -0.3 is 14.2 Å². The van der Waals surface area contributed by atoms with E-state index in [0.717, 1.165) is 154 Å². The van der Waals surface area contributed by atoms with E-state index in [0.29, 0.717) is 19.3 Å². The van der Waals surface area contributed by atoms with Gasteiger partial charge in [-0.15, -0.1) is 0 Å². The van der Waals surface area contributed by atoms with Crippen molar-refractivity contribution in [2.45, 2.75) is 277 Å². The molecule has 1 unspecified atom stereocenters. The Labute approximate surface area is 468 Å². The van der Waals surface area contributed by atoms with E-state index in [1.54, 1.807) is 0 Å². The van der Waals surface area contributed by atoms with E-state index in [1.807, 2.05) is 0 Å². The van der Waals surface area contributed by atoms with Gasteiger partial charge in [-0.1, -0.05) is 270 Å². The number of hydrogen-bond acceptors (Lipinski definition) is 6. The monoisotopic (exact) mass is 1050 g/mol. The molecule has 0 aliphatic rings. The van der Waals surface area contributed by atoms with Gasteiger partial charge in [-0.25, -0.2) is 0 Å². The average molecular weight is 1050 g/mol. The van der Waals surface area contributed by atoms with Gasteiger partial charge in [-0.2, -0.15) is 0 Å². The highest BCUT2D eigenvalue weighted by atomic mass is 16.6. The summed E-state index contributed by atoms with van der Waals surface area (Å²) < 4.78 is 16.8. The van der Waals surface area contributed by atoms with Gasteiger partial charge in [0, 0.05) is 19.3 Å². The molecule has 0 radical (unpaired) electrons. The summed E-state index contributed by atoms with van der Waals surface area (Å²) in [6.45, 7) is 6.42. The van der Waals surface area contributed by atoms with Crippen molar-refractivity contribution in [3.63, 3.8) is 0 Å². The van der Waals surface area contributed by atoms with Gasteiger partial charge in [0.1, 0.15) is 13.2 Å². The van der Waals surface area contributed by atoms with E-state index in [-0.39, 0.29) is 31.1 Å². The van der Waals surface area contributed by atoms with Crippen LogP contribution in [0.25, 0.3) is 0 Å². The Morgan fingerprint density at radius 3 is 0.855 bits per heavy atom. The Balaban J connectivity index is 4.20. The molecule has 6 heteroatoms. The number of esters is 3. The zero-order valence-electron chi connectivity index (χ0n) is 49.2. The third-order valence-electron chi connectivity index (χ3n) is 12.9. The first-order valence-corrected chi connectivity index (χ1v) is 31.2. The second-order valence-electron chi connectivity index (χ2n) is 20.2. The molecule has 0 aromatic carbocycles. The molecular weight excluding hydrogens is 937 g/mol. The van der Waals surface area contributed by atoms with Crippen LogP contribution in [0.2, 0.25) is 0 Å². The molecule has 0 heterocycles. The Hall–Kier alpha value is -4.45. The zero-order valence-corrected chi connectivity index (χ0v) is 49.2. The molecule has 0 aromatic rings. The van der Waals surface area contributed by atoms with Gasteiger partial charge in [-0.3, -0.25) is 14.4 Å². The van der Waals surface area contributed by atoms with Gasteiger partial charge in [-0.05, 0) is 116 Å². The molecule has 0 aliphatic heterocycles. The number of rotatable bonds is 55. The van der Waals surface area contributed by atoms with Crippen LogP contribution in [-0.2, 0) is 28.6 Å². The molecule has 0 N–H and O–H groups in total. The van der Waals surface area contributed by atoms with E-state index in [9.17, 15) is 14.4 Å². The lowest BCUT2D eigenvalue weighted by Gasteiger charge is -2.18. The summed E-state index contributed by atoms with van der Waals surface area (Å²) >= 11 is 0. The molecule has 0 spiro atoms. The summed E-state index contributed by atoms with van der Waals surface area (Å²) in [6.07, 6.45) is 88.9. The third-order valence-corrected chi connectivity index (χ3v) is 12.9. The number of allylic oxidation sites excluding steroid dienone is 22. The fraction of sp³-hybridized carbons (Fsp3) is 0.643. The fourth-order valence-corrected chi connectivity index (χ4v) is 8.24. The lowest BCUT2D eigenvalue weighted by atomic mass is 10.1. The standard InChI is InChI=1S/C70H114O6/c1-4-7-10-13-16-19-22-24-25-26-27-28-29-30-31-32-33-34-35-36-37-38-39-40-41-42-43-44-45-47-48-51-54-57-60-63-69(72)75-66-67(65-74-68(71)62-59-56-53-50-21-18-15-12-9-6-3)76-70(73)64-61-58-55-52-49-46-23-20-17-14-11-8-5-2/h7,10-11,14,16,19-20,23-25,27-28,30-31,33-34,36-37,39-40,42-43,67H,4-6,8-9,12-13,15,17-18,21-22,26,29,32,35,38,41,44-66H2,1-3H3/b10-7-,14-11-,19-16-,23-20-,25-24-,28-27-,31-30-,34-33-,37-36-,40-39-,43-42-. The van der Waals surface area contributed by atoms with Gasteiger partial charge in [0.15, 0.2) is 6.10 Å². The van der Waals surface area contributed by atoms with Crippen LogP contribution in [0.1, 0.15) is 271 Å². The number of ether oxygens (including phenoxy) is 3. The lowest BCUT2D eigenvalue weighted by molar-refractivity contribution is -0.167. The quantitative estimate of drug-likeness (QED) is 0.0261. The summed E-state index contributed by atoms with van der Waals surface area (Å²) in [5.74, 6) is -0.917. The molecule has 0 saturated heterocycles. The molecule has 0 amide bonds. The molecule has 0 rings (SSSR count). The molecule has 76 heavy (non-hydrogen) atoms. The van der Waals surface area contributed by atoms with Gasteiger partial charge in [0.05, 0.1) is 0 Å². The van der Waals surface area contributed by atoms with E-state index < -0.39 is 6.10 Å². The predicted octanol–water partition coefficient (Wildman–Crippen LogP) is 21.4. The van der Waals surface area contributed by atoms with Crippen molar-refractivity contribution in [3.05, 3.63) is 134 Å². The Morgan fingerprint density at radius 1 is 0.276 bits per heavy atom. The van der Waals surface area contributed by atoms with Crippen LogP contribution in [-0.4, -0.2) is 37.2 Å². The highest BCUT2D eigenvalue weighted by Crippen LogP contribution is 2.15. The highest BCUT2D eigenvalue weighted by molar-refractivity contribution is 5.71. The lowest BCUT2D eigenvalue weighted by Crippen LogP contribution is -2.30. The van der Waals surface area contributed by atoms with Crippen LogP contribution in [0.5, 0.6) is 0 Å². The fourth-order valence-electron chi connectivity index (χ4n) is 8.24. The van der Waals surface area contributed by atoms with Crippen molar-refractivity contribution < 1.29 is 28.6 Å².